The summed E-state index contributed by atoms with van der Waals surface area (Å²) in [5.74, 6) is 0.133. The van der Waals surface area contributed by atoms with Crippen molar-refractivity contribution in [2.24, 2.45) is 5.92 Å². The Labute approximate surface area is 112 Å². The maximum absolute atomic E-state index is 12.2. The minimum atomic E-state index is -0.389. The van der Waals surface area contributed by atoms with Crippen molar-refractivity contribution < 1.29 is 9.90 Å². The first-order chi connectivity index (χ1) is 8.58. The summed E-state index contributed by atoms with van der Waals surface area (Å²) >= 11 is 5.97. The largest absolute Gasteiger partial charge is 0.396 e. The number of nitrogens with one attached hydrogen (secondary N) is 1. The summed E-state index contributed by atoms with van der Waals surface area (Å²) in [6.07, 6.45) is 1.74. The molecule has 2 N–H and O–H groups in total. The Morgan fingerprint density at radius 1 is 1.56 bits per heavy atom. The number of carbonyl (C=O) groups is 1. The average Bonchev–Trinajstić information content (AvgIpc) is 3.17. The molecule has 98 valence electrons. The third-order valence-corrected chi connectivity index (χ3v) is 3.72. The highest BCUT2D eigenvalue weighted by molar-refractivity contribution is 6.30. The van der Waals surface area contributed by atoms with Crippen molar-refractivity contribution in [2.45, 2.75) is 25.2 Å². The van der Waals surface area contributed by atoms with Gasteiger partial charge in [0.15, 0.2) is 0 Å². The number of aliphatic hydroxyl groups excluding tert-OH is 1. The highest BCUT2D eigenvalue weighted by Crippen LogP contribution is 2.48. The van der Waals surface area contributed by atoms with Crippen LogP contribution in [0, 0.1) is 5.92 Å². The highest BCUT2D eigenvalue weighted by Gasteiger charge is 2.51. The second-order valence-corrected chi connectivity index (χ2v) is 5.53. The first-order valence-corrected chi connectivity index (χ1v) is 6.61. The van der Waals surface area contributed by atoms with E-state index in [-0.39, 0.29) is 23.8 Å². The van der Waals surface area contributed by atoms with Crippen LogP contribution in [-0.4, -0.2) is 24.2 Å². The number of halogens is 1. The molecule has 1 unspecified atom stereocenters. The molecule has 3 nitrogen and oxygen atoms in total. The van der Waals surface area contributed by atoms with Crippen molar-refractivity contribution in [1.82, 2.24) is 5.32 Å². The summed E-state index contributed by atoms with van der Waals surface area (Å²) in [5, 5.41) is 12.5. The fourth-order valence-corrected chi connectivity index (χ4v) is 2.25. The van der Waals surface area contributed by atoms with Gasteiger partial charge in [0, 0.05) is 18.2 Å². The molecule has 1 saturated carbocycles. The van der Waals surface area contributed by atoms with E-state index in [0.717, 1.165) is 18.4 Å². The van der Waals surface area contributed by atoms with Gasteiger partial charge in [0.05, 0.1) is 5.41 Å². The van der Waals surface area contributed by atoms with E-state index in [1.807, 2.05) is 31.2 Å². The van der Waals surface area contributed by atoms with E-state index in [2.05, 4.69) is 5.32 Å². The van der Waals surface area contributed by atoms with Crippen LogP contribution in [0.2, 0.25) is 5.02 Å². The number of hydrogen-bond acceptors (Lipinski definition) is 2. The van der Waals surface area contributed by atoms with Gasteiger partial charge >= 0.3 is 0 Å². The molecule has 1 fully saturated rings. The molecule has 0 heterocycles. The number of rotatable bonds is 5. The summed E-state index contributed by atoms with van der Waals surface area (Å²) in [4.78, 5) is 12.2. The van der Waals surface area contributed by atoms with E-state index in [9.17, 15) is 4.79 Å². The van der Waals surface area contributed by atoms with Gasteiger partial charge in [-0.25, -0.2) is 0 Å². The molecule has 1 aromatic carbocycles. The van der Waals surface area contributed by atoms with Gasteiger partial charge in [0.2, 0.25) is 5.91 Å². The van der Waals surface area contributed by atoms with Crippen molar-refractivity contribution >= 4 is 17.5 Å². The summed E-state index contributed by atoms with van der Waals surface area (Å²) in [7, 11) is 0. The number of aliphatic hydroxyl groups is 1. The van der Waals surface area contributed by atoms with Crippen LogP contribution in [0.3, 0.4) is 0 Å². The van der Waals surface area contributed by atoms with Crippen LogP contribution in [0.5, 0.6) is 0 Å². The molecule has 1 aromatic rings. The molecular weight excluding hydrogens is 250 g/mol. The Morgan fingerprint density at radius 2 is 2.28 bits per heavy atom. The zero-order valence-electron chi connectivity index (χ0n) is 10.4. The lowest BCUT2D eigenvalue weighted by atomic mass is 9.95. The van der Waals surface area contributed by atoms with Crippen LogP contribution in [0.1, 0.15) is 25.3 Å². The summed E-state index contributed by atoms with van der Waals surface area (Å²) < 4.78 is 0. The van der Waals surface area contributed by atoms with E-state index >= 15 is 0 Å². The van der Waals surface area contributed by atoms with E-state index in [1.165, 1.54) is 0 Å². The second-order valence-electron chi connectivity index (χ2n) is 5.09. The van der Waals surface area contributed by atoms with Crippen molar-refractivity contribution in [2.75, 3.05) is 13.2 Å². The predicted molar refractivity (Wildman–Crippen MR) is 71.6 cm³/mol. The fourth-order valence-electron chi connectivity index (χ4n) is 2.06. The van der Waals surface area contributed by atoms with Gasteiger partial charge in [-0.2, -0.15) is 0 Å². The first-order valence-electron chi connectivity index (χ1n) is 6.24. The first kappa shape index (κ1) is 13.4. The lowest BCUT2D eigenvalue weighted by Crippen LogP contribution is -2.37. The van der Waals surface area contributed by atoms with E-state index in [0.29, 0.717) is 11.6 Å². The normalized spacial score (nSPS) is 18.2. The smallest absolute Gasteiger partial charge is 0.230 e. The van der Waals surface area contributed by atoms with Crippen LogP contribution >= 0.6 is 11.6 Å². The SMILES string of the molecule is CC(CO)CNC(=O)C1(c2cccc(Cl)c2)CC1. The molecule has 0 radical (unpaired) electrons. The maximum Gasteiger partial charge on any atom is 0.230 e. The summed E-state index contributed by atoms with van der Waals surface area (Å²) in [5.41, 5.74) is 0.601. The quantitative estimate of drug-likeness (QED) is 0.859. The maximum atomic E-state index is 12.2. The number of carbonyl (C=O) groups excluding carboxylic acids is 1. The Bertz CT molecular complexity index is 443. The van der Waals surface area contributed by atoms with Crippen LogP contribution in [0.4, 0.5) is 0 Å². The van der Waals surface area contributed by atoms with Gasteiger partial charge in [0.1, 0.15) is 0 Å². The molecule has 1 amide bonds. The third kappa shape index (κ3) is 2.68. The molecule has 1 aliphatic carbocycles. The van der Waals surface area contributed by atoms with Crippen molar-refractivity contribution in [1.29, 1.82) is 0 Å². The lowest BCUT2D eigenvalue weighted by Gasteiger charge is -2.17. The molecule has 4 heteroatoms. The third-order valence-electron chi connectivity index (χ3n) is 3.48. The minimum Gasteiger partial charge on any atom is -0.396 e. The zero-order valence-corrected chi connectivity index (χ0v) is 11.2. The topological polar surface area (TPSA) is 49.3 Å². The van der Waals surface area contributed by atoms with E-state index < -0.39 is 0 Å². The number of benzene rings is 1. The predicted octanol–water partition coefficient (Wildman–Crippen LogP) is 2.12. The molecule has 1 aliphatic rings. The van der Waals surface area contributed by atoms with Gasteiger partial charge in [-0.3, -0.25) is 4.79 Å². The molecule has 0 aliphatic heterocycles. The molecule has 0 saturated heterocycles. The standard InChI is InChI=1S/C14H18ClNO2/c1-10(9-17)8-16-13(18)14(5-6-14)11-3-2-4-12(15)7-11/h2-4,7,10,17H,5-6,8-9H2,1H3,(H,16,18). The highest BCUT2D eigenvalue weighted by atomic mass is 35.5. The lowest BCUT2D eigenvalue weighted by molar-refractivity contribution is -0.123. The molecule has 0 aromatic heterocycles. The molecule has 18 heavy (non-hydrogen) atoms. The fraction of sp³-hybridized carbons (Fsp3) is 0.500. The van der Waals surface area contributed by atoms with Crippen molar-refractivity contribution in [3.05, 3.63) is 34.9 Å². The van der Waals surface area contributed by atoms with Crippen LogP contribution in [0.15, 0.2) is 24.3 Å². The van der Waals surface area contributed by atoms with Crippen molar-refractivity contribution in [3.63, 3.8) is 0 Å². The van der Waals surface area contributed by atoms with Gasteiger partial charge in [-0.15, -0.1) is 0 Å². The minimum absolute atomic E-state index is 0.0464. The monoisotopic (exact) mass is 267 g/mol. The van der Waals surface area contributed by atoms with Crippen LogP contribution in [-0.2, 0) is 10.2 Å². The van der Waals surface area contributed by atoms with Gasteiger partial charge in [0.25, 0.3) is 0 Å². The Kier molecular flexibility index (Phi) is 3.93. The van der Waals surface area contributed by atoms with Gasteiger partial charge in [-0.05, 0) is 36.5 Å². The molecule has 0 spiro atoms. The van der Waals surface area contributed by atoms with Crippen molar-refractivity contribution in [3.8, 4) is 0 Å². The van der Waals surface area contributed by atoms with E-state index in [4.69, 9.17) is 16.7 Å². The summed E-state index contributed by atoms with van der Waals surface area (Å²) in [6.45, 7) is 2.50. The van der Waals surface area contributed by atoms with Crippen LogP contribution < -0.4 is 5.32 Å². The Balaban J connectivity index is 2.05. The Morgan fingerprint density at radius 3 is 2.83 bits per heavy atom. The molecular formula is C14H18ClNO2. The van der Waals surface area contributed by atoms with Gasteiger partial charge < -0.3 is 10.4 Å². The molecule has 0 bridgehead atoms. The average molecular weight is 268 g/mol. The molecule has 1 atom stereocenters. The molecule has 2 rings (SSSR count). The van der Waals surface area contributed by atoms with E-state index in [1.54, 1.807) is 0 Å². The summed E-state index contributed by atoms with van der Waals surface area (Å²) in [6, 6.07) is 7.51. The van der Waals surface area contributed by atoms with Crippen LogP contribution in [0.25, 0.3) is 0 Å². The second kappa shape index (κ2) is 5.29. The number of amides is 1. The Hall–Kier alpha value is -1.06. The zero-order chi connectivity index (χ0) is 13.2. The van der Waals surface area contributed by atoms with Gasteiger partial charge in [-0.1, -0.05) is 30.7 Å². The number of hydrogen-bond donors (Lipinski definition) is 2.